The van der Waals surface area contributed by atoms with Crippen molar-refractivity contribution in [3.63, 3.8) is 0 Å². The Morgan fingerprint density at radius 1 is 0.254 bits per heavy atom. The van der Waals surface area contributed by atoms with Crippen molar-refractivity contribution < 1.29 is 13.3 Å². The molecular formula is C58H38N2O3. The first kappa shape index (κ1) is 36.3. The lowest BCUT2D eigenvalue weighted by molar-refractivity contribution is 0.628. The molecule has 298 valence electrons. The fourth-order valence-corrected chi connectivity index (χ4v) is 8.83. The second-order valence-electron chi connectivity index (χ2n) is 15.7. The van der Waals surface area contributed by atoms with E-state index >= 15 is 0 Å². The third kappa shape index (κ3) is 6.51. The van der Waals surface area contributed by atoms with Gasteiger partial charge < -0.3 is 23.1 Å². The number of nitrogens with zero attached hydrogens (tertiary/aromatic N) is 2. The van der Waals surface area contributed by atoms with Crippen LogP contribution in [0.2, 0.25) is 0 Å². The molecule has 0 saturated heterocycles. The minimum atomic E-state index is 0.775. The van der Waals surface area contributed by atoms with Crippen LogP contribution < -0.4 is 9.80 Å². The molecule has 0 saturated carbocycles. The maximum Gasteiger partial charge on any atom is 0.143 e. The Hall–Kier alpha value is -8.54. The summed E-state index contributed by atoms with van der Waals surface area (Å²) in [6, 6.07) is 79.9. The van der Waals surface area contributed by atoms with E-state index in [2.05, 4.69) is 198 Å². The molecule has 63 heavy (non-hydrogen) atoms. The van der Waals surface area contributed by atoms with Gasteiger partial charge in [0.15, 0.2) is 0 Å². The molecule has 12 rings (SSSR count). The van der Waals surface area contributed by atoms with Crippen molar-refractivity contribution in [3.05, 3.63) is 231 Å². The third-order valence-corrected chi connectivity index (χ3v) is 11.8. The summed E-state index contributed by atoms with van der Waals surface area (Å²) in [6.45, 7) is 0. The lowest BCUT2D eigenvalue weighted by Crippen LogP contribution is -2.09. The molecule has 5 nitrogen and oxygen atoms in total. The Morgan fingerprint density at radius 2 is 0.571 bits per heavy atom. The fourth-order valence-electron chi connectivity index (χ4n) is 8.83. The molecule has 9 aromatic carbocycles. The van der Waals surface area contributed by atoms with Gasteiger partial charge in [-0.25, -0.2) is 0 Å². The van der Waals surface area contributed by atoms with Gasteiger partial charge >= 0.3 is 0 Å². The zero-order valence-electron chi connectivity index (χ0n) is 34.1. The van der Waals surface area contributed by atoms with E-state index in [1.807, 2.05) is 42.5 Å². The van der Waals surface area contributed by atoms with Gasteiger partial charge in [-0.2, -0.15) is 0 Å². The van der Waals surface area contributed by atoms with Gasteiger partial charge in [0.1, 0.15) is 34.0 Å². The van der Waals surface area contributed by atoms with Crippen LogP contribution >= 0.6 is 0 Å². The molecule has 0 fully saturated rings. The van der Waals surface area contributed by atoms with Crippen molar-refractivity contribution in [2.75, 3.05) is 9.80 Å². The Labute approximate surface area is 363 Å². The van der Waals surface area contributed by atoms with Gasteiger partial charge in [-0.3, -0.25) is 0 Å². The molecule has 0 bridgehead atoms. The first-order valence-electron chi connectivity index (χ1n) is 21.1. The number of anilines is 6. The summed E-state index contributed by atoms with van der Waals surface area (Å²) in [6.07, 6.45) is 0. The SMILES string of the molecule is c1ccc(-c2cc3c4cc(-c5ccc(N(c6ccccc6)c6ccccc6)cc5)oc4c4cc5oc(-c6ccc(N(c7ccccc7)c7ccccc7)cc6)cc5cc4c3o2)cc1. The number of para-hydroxylation sites is 4. The first-order chi connectivity index (χ1) is 31.2. The quantitative estimate of drug-likeness (QED) is 0.145. The zero-order valence-corrected chi connectivity index (χ0v) is 34.1. The Bertz CT molecular complexity index is 3440. The van der Waals surface area contributed by atoms with E-state index in [0.717, 1.165) is 112 Å². The molecule has 3 heterocycles. The molecule has 0 N–H and O–H groups in total. The Morgan fingerprint density at radius 3 is 0.984 bits per heavy atom. The largest absolute Gasteiger partial charge is 0.456 e. The number of hydrogen-bond acceptors (Lipinski definition) is 5. The van der Waals surface area contributed by atoms with Crippen LogP contribution in [0.5, 0.6) is 0 Å². The lowest BCUT2D eigenvalue weighted by atomic mass is 10.0. The summed E-state index contributed by atoms with van der Waals surface area (Å²) in [4.78, 5) is 4.52. The molecule has 0 spiro atoms. The predicted molar refractivity (Wildman–Crippen MR) is 259 cm³/mol. The van der Waals surface area contributed by atoms with Gasteiger partial charge in [-0.05, 0) is 127 Å². The molecule has 0 radical (unpaired) electrons. The second kappa shape index (κ2) is 15.2. The molecule has 0 aliphatic heterocycles. The van der Waals surface area contributed by atoms with E-state index in [-0.39, 0.29) is 0 Å². The van der Waals surface area contributed by atoms with Crippen molar-refractivity contribution in [1.29, 1.82) is 0 Å². The highest BCUT2D eigenvalue weighted by atomic mass is 16.3. The number of furan rings is 3. The highest BCUT2D eigenvalue weighted by Crippen LogP contribution is 2.45. The number of rotatable bonds is 9. The number of hydrogen-bond donors (Lipinski definition) is 0. The van der Waals surface area contributed by atoms with Crippen LogP contribution in [0.3, 0.4) is 0 Å². The Balaban J connectivity index is 0.964. The summed E-state index contributed by atoms with van der Waals surface area (Å²) in [5.41, 5.74) is 11.8. The zero-order chi connectivity index (χ0) is 41.7. The van der Waals surface area contributed by atoms with E-state index in [0.29, 0.717) is 0 Å². The van der Waals surface area contributed by atoms with E-state index in [1.165, 1.54) is 0 Å². The van der Waals surface area contributed by atoms with Crippen LogP contribution in [0.1, 0.15) is 0 Å². The average Bonchev–Trinajstić information content (AvgIpc) is 4.12. The maximum absolute atomic E-state index is 6.91. The van der Waals surface area contributed by atoms with E-state index in [4.69, 9.17) is 13.3 Å². The summed E-state index contributed by atoms with van der Waals surface area (Å²) in [7, 11) is 0. The third-order valence-electron chi connectivity index (χ3n) is 11.8. The topological polar surface area (TPSA) is 45.9 Å². The molecule has 0 aliphatic rings. The van der Waals surface area contributed by atoms with E-state index < -0.39 is 0 Å². The van der Waals surface area contributed by atoms with Crippen LogP contribution in [0.15, 0.2) is 244 Å². The minimum absolute atomic E-state index is 0.775. The first-order valence-corrected chi connectivity index (χ1v) is 21.1. The molecule has 0 unspecified atom stereocenters. The number of fused-ring (bicyclic) bond motifs is 7. The molecule has 5 heteroatoms. The lowest BCUT2D eigenvalue weighted by Gasteiger charge is -2.25. The fraction of sp³-hybridized carbons (Fsp3) is 0. The molecular weight excluding hydrogens is 773 g/mol. The smallest absolute Gasteiger partial charge is 0.143 e. The van der Waals surface area contributed by atoms with Crippen LogP contribution in [0.4, 0.5) is 34.1 Å². The van der Waals surface area contributed by atoms with Crippen molar-refractivity contribution in [3.8, 4) is 34.0 Å². The standard InChI is InChI=1S/C58H38N2O3/c1-6-16-39(17-7-1)54-36-51-52-37-55(41-28-32-48(33-29-41)60(45-22-12-4-13-23-45)46-24-14-5-15-25-46)63-58(52)50-38-56-42(34-49(50)57(51)62-54)35-53(61-56)40-26-30-47(31-27-40)59(43-18-8-2-9-19-43)44-20-10-3-11-21-44/h1-38H. The highest BCUT2D eigenvalue weighted by Gasteiger charge is 2.22. The van der Waals surface area contributed by atoms with Crippen molar-refractivity contribution in [2.24, 2.45) is 0 Å². The highest BCUT2D eigenvalue weighted by molar-refractivity contribution is 6.25. The minimum Gasteiger partial charge on any atom is -0.456 e. The van der Waals surface area contributed by atoms with Crippen molar-refractivity contribution in [1.82, 2.24) is 0 Å². The average molecular weight is 811 g/mol. The van der Waals surface area contributed by atoms with Crippen molar-refractivity contribution >= 4 is 77.8 Å². The summed E-state index contributed by atoms with van der Waals surface area (Å²) in [5, 5.41) is 4.87. The Kier molecular flexibility index (Phi) is 8.75. The van der Waals surface area contributed by atoms with Gasteiger partial charge in [0, 0.05) is 77.7 Å². The van der Waals surface area contributed by atoms with E-state index in [1.54, 1.807) is 0 Å². The van der Waals surface area contributed by atoms with Crippen LogP contribution in [-0.4, -0.2) is 0 Å². The maximum atomic E-state index is 6.91. The summed E-state index contributed by atoms with van der Waals surface area (Å²) >= 11 is 0. The van der Waals surface area contributed by atoms with Crippen LogP contribution in [0, 0.1) is 0 Å². The predicted octanol–water partition coefficient (Wildman–Crippen LogP) is 17.0. The summed E-state index contributed by atoms with van der Waals surface area (Å²) < 4.78 is 20.4. The van der Waals surface area contributed by atoms with Gasteiger partial charge in [0.2, 0.25) is 0 Å². The summed E-state index contributed by atoms with van der Waals surface area (Å²) in [5.74, 6) is 2.37. The molecule has 0 aliphatic carbocycles. The van der Waals surface area contributed by atoms with Gasteiger partial charge in [0.05, 0.1) is 0 Å². The van der Waals surface area contributed by atoms with Crippen molar-refractivity contribution in [2.45, 2.75) is 0 Å². The van der Waals surface area contributed by atoms with Gasteiger partial charge in [0.25, 0.3) is 0 Å². The molecule has 0 atom stereocenters. The van der Waals surface area contributed by atoms with Gasteiger partial charge in [-0.15, -0.1) is 0 Å². The molecule has 0 amide bonds. The van der Waals surface area contributed by atoms with Crippen LogP contribution in [-0.2, 0) is 0 Å². The number of benzene rings is 9. The van der Waals surface area contributed by atoms with E-state index in [9.17, 15) is 0 Å². The molecule has 12 aromatic rings. The monoisotopic (exact) mass is 810 g/mol. The van der Waals surface area contributed by atoms with Crippen LogP contribution in [0.25, 0.3) is 77.7 Å². The normalized spacial score (nSPS) is 11.5. The van der Waals surface area contributed by atoms with Gasteiger partial charge in [-0.1, -0.05) is 103 Å². The molecule has 3 aromatic heterocycles. The second-order valence-corrected chi connectivity index (χ2v) is 15.7.